The summed E-state index contributed by atoms with van der Waals surface area (Å²) in [7, 11) is 0. The van der Waals surface area contributed by atoms with E-state index in [9.17, 15) is 23.1 Å². The molecule has 0 aliphatic rings. The van der Waals surface area contributed by atoms with E-state index >= 15 is 0 Å². The summed E-state index contributed by atoms with van der Waals surface area (Å²) in [6.07, 6.45) is -1.05. The number of carboxylic acid groups (broad SMARTS) is 1. The molecular weight excluding hydrogens is 433 g/mol. The molecule has 8 heteroatoms. The number of carbonyl (C=O) groups is 1. The maximum atomic E-state index is 12.6. The largest absolute Gasteiger partial charge is 0.489 e. The van der Waals surface area contributed by atoms with Crippen LogP contribution in [0.15, 0.2) is 72.8 Å². The second kappa shape index (κ2) is 9.57. The summed E-state index contributed by atoms with van der Waals surface area (Å²) in [5.41, 5.74) is -0.166. The fraction of sp³-hybridized carbons (Fsp3) is 0.0870. The fourth-order valence-corrected chi connectivity index (χ4v) is 2.80. The molecule has 0 saturated heterocycles. The molecule has 0 radical (unpaired) electrons. The maximum Gasteiger partial charge on any atom is 0.416 e. The minimum absolute atomic E-state index is 0.0710. The van der Waals surface area contributed by atoms with Gasteiger partial charge in [0, 0.05) is 11.1 Å². The van der Waals surface area contributed by atoms with Crippen LogP contribution in [0.3, 0.4) is 0 Å². The van der Waals surface area contributed by atoms with E-state index in [0.717, 1.165) is 12.1 Å². The van der Waals surface area contributed by atoms with Gasteiger partial charge >= 0.3 is 12.1 Å². The zero-order valence-corrected chi connectivity index (χ0v) is 16.7. The van der Waals surface area contributed by atoms with Gasteiger partial charge < -0.3 is 14.6 Å². The lowest BCUT2D eigenvalue weighted by Crippen LogP contribution is -2.03. The van der Waals surface area contributed by atoms with Crippen molar-refractivity contribution in [3.05, 3.63) is 94.5 Å². The zero-order valence-electron chi connectivity index (χ0n) is 15.9. The van der Waals surface area contributed by atoms with Crippen molar-refractivity contribution in [1.82, 2.24) is 0 Å². The first kappa shape index (κ1) is 22.2. The SMILES string of the molecule is O=C(O)c1cc(Cl)ccc1Oc1cccc(OCC=Cc2ccc(C(F)(F)F)cc2)c1. The third-order valence-electron chi connectivity index (χ3n) is 4.10. The molecular formula is C23H16ClF3O4. The summed E-state index contributed by atoms with van der Waals surface area (Å²) in [5, 5.41) is 9.57. The summed E-state index contributed by atoms with van der Waals surface area (Å²) in [4.78, 5) is 11.4. The van der Waals surface area contributed by atoms with Gasteiger partial charge in [0.05, 0.1) is 5.56 Å². The second-order valence-corrected chi connectivity index (χ2v) is 6.79. The van der Waals surface area contributed by atoms with Crippen molar-refractivity contribution < 1.29 is 32.5 Å². The number of hydrogen-bond acceptors (Lipinski definition) is 3. The first-order valence-corrected chi connectivity index (χ1v) is 9.37. The molecule has 3 aromatic rings. The summed E-state index contributed by atoms with van der Waals surface area (Å²) in [5.74, 6) is -0.191. The minimum atomic E-state index is -4.37. The molecule has 3 rings (SSSR count). The molecule has 1 N–H and O–H groups in total. The van der Waals surface area contributed by atoms with Gasteiger partial charge in [-0.15, -0.1) is 0 Å². The summed E-state index contributed by atoms with van der Waals surface area (Å²) in [6.45, 7) is 0.172. The van der Waals surface area contributed by atoms with Crippen LogP contribution < -0.4 is 9.47 Å². The highest BCUT2D eigenvalue weighted by Crippen LogP contribution is 2.30. The van der Waals surface area contributed by atoms with Gasteiger partial charge in [-0.3, -0.25) is 0 Å². The Hall–Kier alpha value is -3.45. The first-order chi connectivity index (χ1) is 14.7. The monoisotopic (exact) mass is 448 g/mol. The lowest BCUT2D eigenvalue weighted by molar-refractivity contribution is -0.137. The molecule has 0 aliphatic carbocycles. The van der Waals surface area contributed by atoms with Crippen LogP contribution in [0.5, 0.6) is 17.2 Å². The highest BCUT2D eigenvalue weighted by atomic mass is 35.5. The van der Waals surface area contributed by atoms with Gasteiger partial charge in [0.15, 0.2) is 0 Å². The quantitative estimate of drug-likeness (QED) is 0.425. The molecule has 0 amide bonds. The van der Waals surface area contributed by atoms with Crippen molar-refractivity contribution in [3.63, 3.8) is 0 Å². The standard InChI is InChI=1S/C23H16ClF3O4/c24-17-10-11-21(20(13-17)22(28)29)31-19-5-1-4-18(14-19)30-12-2-3-15-6-8-16(9-7-15)23(25,26)27/h1-11,13-14H,12H2,(H,28,29). The van der Waals surface area contributed by atoms with E-state index in [-0.39, 0.29) is 22.9 Å². The highest BCUT2D eigenvalue weighted by Gasteiger charge is 2.29. The average molecular weight is 449 g/mol. The zero-order chi connectivity index (χ0) is 22.4. The van der Waals surface area contributed by atoms with Crippen LogP contribution >= 0.6 is 11.6 Å². The van der Waals surface area contributed by atoms with E-state index in [1.807, 2.05) is 0 Å². The molecule has 0 spiro atoms. The van der Waals surface area contributed by atoms with Gasteiger partial charge in [-0.1, -0.05) is 35.9 Å². The Balaban J connectivity index is 1.61. The second-order valence-electron chi connectivity index (χ2n) is 6.36. The Bertz CT molecular complexity index is 1090. The van der Waals surface area contributed by atoms with E-state index < -0.39 is 17.7 Å². The molecule has 0 heterocycles. The predicted molar refractivity (Wildman–Crippen MR) is 111 cm³/mol. The van der Waals surface area contributed by atoms with Crippen LogP contribution in [-0.2, 0) is 6.18 Å². The van der Waals surface area contributed by atoms with Crippen LogP contribution in [0, 0.1) is 0 Å². The van der Waals surface area contributed by atoms with Crippen molar-refractivity contribution >= 4 is 23.6 Å². The molecule has 0 saturated carbocycles. The van der Waals surface area contributed by atoms with E-state index in [4.69, 9.17) is 21.1 Å². The summed E-state index contributed by atoms with van der Waals surface area (Å²) >= 11 is 5.84. The fourth-order valence-electron chi connectivity index (χ4n) is 2.62. The number of hydrogen-bond donors (Lipinski definition) is 1. The van der Waals surface area contributed by atoms with Gasteiger partial charge in [0.1, 0.15) is 29.4 Å². The van der Waals surface area contributed by atoms with Gasteiger partial charge in [-0.25, -0.2) is 4.79 Å². The Morgan fingerprint density at radius 1 is 1.00 bits per heavy atom. The van der Waals surface area contributed by atoms with Crippen molar-refractivity contribution in [2.75, 3.05) is 6.61 Å². The van der Waals surface area contributed by atoms with E-state index in [2.05, 4.69) is 0 Å². The van der Waals surface area contributed by atoms with Gasteiger partial charge in [0.2, 0.25) is 0 Å². The van der Waals surface area contributed by atoms with Gasteiger partial charge in [-0.2, -0.15) is 13.2 Å². The number of alkyl halides is 3. The molecule has 0 aliphatic heterocycles. The number of carboxylic acids is 1. The predicted octanol–water partition coefficient (Wildman–Crippen LogP) is 6.94. The minimum Gasteiger partial charge on any atom is -0.489 e. The molecule has 160 valence electrons. The van der Waals surface area contributed by atoms with E-state index in [1.165, 1.54) is 30.3 Å². The average Bonchev–Trinajstić information content (AvgIpc) is 2.72. The topological polar surface area (TPSA) is 55.8 Å². The molecule has 0 bridgehead atoms. The van der Waals surface area contributed by atoms with Crippen molar-refractivity contribution in [2.45, 2.75) is 6.18 Å². The Labute approximate surface area is 181 Å². The van der Waals surface area contributed by atoms with Crippen LogP contribution in [0.25, 0.3) is 6.08 Å². The molecule has 0 aromatic heterocycles. The van der Waals surface area contributed by atoms with Crippen LogP contribution in [0.2, 0.25) is 5.02 Å². The number of halogens is 4. The van der Waals surface area contributed by atoms with Crippen molar-refractivity contribution in [2.24, 2.45) is 0 Å². The third kappa shape index (κ3) is 6.26. The van der Waals surface area contributed by atoms with Crippen molar-refractivity contribution in [1.29, 1.82) is 0 Å². The number of ether oxygens (including phenoxy) is 2. The molecule has 3 aromatic carbocycles. The molecule has 0 unspecified atom stereocenters. The first-order valence-electron chi connectivity index (χ1n) is 9.00. The molecule has 4 nitrogen and oxygen atoms in total. The van der Waals surface area contributed by atoms with E-state index in [1.54, 1.807) is 36.4 Å². The van der Waals surface area contributed by atoms with E-state index in [0.29, 0.717) is 17.1 Å². The van der Waals surface area contributed by atoms with Crippen LogP contribution in [-0.4, -0.2) is 17.7 Å². The third-order valence-corrected chi connectivity index (χ3v) is 4.33. The smallest absolute Gasteiger partial charge is 0.416 e. The molecule has 0 atom stereocenters. The highest BCUT2D eigenvalue weighted by molar-refractivity contribution is 6.31. The molecule has 31 heavy (non-hydrogen) atoms. The van der Waals surface area contributed by atoms with Crippen LogP contribution in [0.1, 0.15) is 21.5 Å². The Kier molecular flexibility index (Phi) is 6.87. The number of rotatable bonds is 7. The lowest BCUT2D eigenvalue weighted by Gasteiger charge is -2.10. The van der Waals surface area contributed by atoms with Gasteiger partial charge in [-0.05, 0) is 54.1 Å². The lowest BCUT2D eigenvalue weighted by atomic mass is 10.1. The van der Waals surface area contributed by atoms with Gasteiger partial charge in [0.25, 0.3) is 0 Å². The van der Waals surface area contributed by atoms with Crippen LogP contribution in [0.4, 0.5) is 13.2 Å². The normalized spacial score (nSPS) is 11.5. The maximum absolute atomic E-state index is 12.6. The number of benzene rings is 3. The molecule has 0 fully saturated rings. The Morgan fingerprint density at radius 2 is 1.71 bits per heavy atom. The Morgan fingerprint density at radius 3 is 2.39 bits per heavy atom. The number of aromatic carboxylic acids is 1. The summed E-state index contributed by atoms with van der Waals surface area (Å²) in [6, 6.07) is 15.7. The van der Waals surface area contributed by atoms with Crippen molar-refractivity contribution in [3.8, 4) is 17.2 Å². The summed E-state index contributed by atoms with van der Waals surface area (Å²) < 4.78 is 49.0.